The third-order valence-electron chi connectivity index (χ3n) is 5.41. The van der Waals surface area contributed by atoms with Crippen LogP contribution in [-0.4, -0.2) is 11.5 Å². The molecule has 3 nitrogen and oxygen atoms in total. The topological polar surface area (TPSA) is 64.9 Å². The van der Waals surface area contributed by atoms with Crippen molar-refractivity contribution in [3.05, 3.63) is 39.0 Å². The van der Waals surface area contributed by atoms with Gasteiger partial charge in [0.15, 0.2) is 0 Å². The third kappa shape index (κ3) is 4.51. The first kappa shape index (κ1) is 19.9. The number of hydrogen-bond donors (Lipinski definition) is 2. The summed E-state index contributed by atoms with van der Waals surface area (Å²) in [5, 5.41) is 2.30. The van der Waals surface area contributed by atoms with Crippen molar-refractivity contribution in [2.75, 3.05) is 6.54 Å². The molecule has 0 fully saturated rings. The highest BCUT2D eigenvalue weighted by molar-refractivity contribution is 6.38. The summed E-state index contributed by atoms with van der Waals surface area (Å²) < 4.78 is 0. The average molecular weight is 394 g/mol. The molecule has 0 saturated heterocycles. The second-order valence-electron chi connectivity index (χ2n) is 7.39. The lowest BCUT2D eigenvalue weighted by atomic mass is 9.85. The predicted octanol–water partition coefficient (Wildman–Crippen LogP) is 5.72. The van der Waals surface area contributed by atoms with Crippen molar-refractivity contribution in [3.63, 3.8) is 0 Å². The lowest BCUT2D eigenvalue weighted by Crippen LogP contribution is -2.18. The quantitative estimate of drug-likeness (QED) is 0.563. The molecule has 1 aliphatic rings. The average Bonchev–Trinajstić information content (AvgIpc) is 2.62. The van der Waals surface area contributed by atoms with E-state index in [1.807, 2.05) is 12.1 Å². The van der Waals surface area contributed by atoms with Crippen molar-refractivity contribution in [2.45, 2.75) is 70.3 Å². The lowest BCUT2D eigenvalue weighted by molar-refractivity contribution is 0.546. The van der Waals surface area contributed by atoms with Gasteiger partial charge in [-0.25, -0.2) is 0 Å². The molecule has 0 amide bonds. The van der Waals surface area contributed by atoms with Crippen molar-refractivity contribution in [3.8, 4) is 0 Å². The summed E-state index contributed by atoms with van der Waals surface area (Å²) in [6.07, 6.45) is 11.3. The van der Waals surface area contributed by atoms with Crippen LogP contribution in [0.15, 0.2) is 12.1 Å². The number of aromatic nitrogens is 1. The minimum atomic E-state index is 0.000494. The Hall–Kier alpha value is -0.870. The Morgan fingerprint density at radius 3 is 2.54 bits per heavy atom. The largest absolute Gasteiger partial charge is 0.330 e. The van der Waals surface area contributed by atoms with Crippen molar-refractivity contribution in [2.24, 2.45) is 11.5 Å². The van der Waals surface area contributed by atoms with E-state index in [9.17, 15) is 0 Å². The number of nitrogens with two attached hydrogens (primary N) is 2. The van der Waals surface area contributed by atoms with Gasteiger partial charge in [0.25, 0.3) is 0 Å². The Kier molecular flexibility index (Phi) is 7.16. The summed E-state index contributed by atoms with van der Waals surface area (Å²) in [7, 11) is 0. The van der Waals surface area contributed by atoms with Crippen LogP contribution in [0.1, 0.15) is 74.2 Å². The monoisotopic (exact) mass is 393 g/mol. The van der Waals surface area contributed by atoms with E-state index in [0.717, 1.165) is 49.6 Å². The summed E-state index contributed by atoms with van der Waals surface area (Å²) in [5.74, 6) is 0. The van der Waals surface area contributed by atoms with Gasteiger partial charge in [0.2, 0.25) is 0 Å². The van der Waals surface area contributed by atoms with E-state index in [-0.39, 0.29) is 6.04 Å². The molecule has 4 N–H and O–H groups in total. The molecule has 0 bridgehead atoms. The fraction of sp³-hybridized carbons (Fsp3) is 0.571. The van der Waals surface area contributed by atoms with Crippen LogP contribution in [0.4, 0.5) is 0 Å². The summed E-state index contributed by atoms with van der Waals surface area (Å²) in [6, 6.07) is 3.73. The van der Waals surface area contributed by atoms with Crippen molar-refractivity contribution >= 4 is 34.1 Å². The van der Waals surface area contributed by atoms with E-state index in [0.29, 0.717) is 10.0 Å². The maximum atomic E-state index is 6.69. The lowest BCUT2D eigenvalue weighted by Gasteiger charge is -2.25. The van der Waals surface area contributed by atoms with Gasteiger partial charge in [0.05, 0.1) is 10.5 Å². The normalized spacial score (nSPS) is 15.2. The highest BCUT2D eigenvalue weighted by Gasteiger charge is 2.23. The van der Waals surface area contributed by atoms with E-state index >= 15 is 0 Å². The maximum Gasteiger partial charge on any atom is 0.0738 e. The highest BCUT2D eigenvalue weighted by Crippen LogP contribution is 2.38. The minimum Gasteiger partial charge on any atom is -0.330 e. The SMILES string of the molecule is NCCCCCCCC(N)c1c2c(nc3cc(Cl)cc(Cl)c13)CCCC2. The van der Waals surface area contributed by atoms with Crippen LogP contribution in [0.5, 0.6) is 0 Å². The van der Waals surface area contributed by atoms with E-state index in [1.165, 1.54) is 48.9 Å². The van der Waals surface area contributed by atoms with Crippen LogP contribution in [0.25, 0.3) is 10.9 Å². The number of rotatable bonds is 8. The van der Waals surface area contributed by atoms with E-state index in [2.05, 4.69) is 0 Å². The molecule has 0 spiro atoms. The van der Waals surface area contributed by atoms with Gasteiger partial charge in [-0.15, -0.1) is 0 Å². The molecule has 3 rings (SSSR count). The van der Waals surface area contributed by atoms with E-state index in [4.69, 9.17) is 39.7 Å². The molecule has 1 unspecified atom stereocenters. The summed E-state index contributed by atoms with van der Waals surface area (Å²) in [6.45, 7) is 0.787. The van der Waals surface area contributed by atoms with Crippen LogP contribution < -0.4 is 11.5 Å². The molecule has 142 valence electrons. The standard InChI is InChI=1S/C21H29Cl2N3/c22-14-12-16(23)21-19(13-14)26-18-10-6-5-8-15(18)20(21)17(25)9-4-2-1-3-7-11-24/h12-13,17H,1-11,24-25H2. The molecule has 5 heteroatoms. The van der Waals surface area contributed by atoms with Crippen molar-refractivity contribution < 1.29 is 0 Å². The smallest absolute Gasteiger partial charge is 0.0738 e. The molecule has 2 aromatic rings. The second-order valence-corrected chi connectivity index (χ2v) is 8.23. The number of halogens is 2. The van der Waals surface area contributed by atoms with Gasteiger partial charge in [-0.05, 0) is 68.3 Å². The Balaban J connectivity index is 1.87. The number of pyridine rings is 1. The molecule has 1 aromatic carbocycles. The first-order valence-electron chi connectivity index (χ1n) is 9.88. The highest BCUT2D eigenvalue weighted by atomic mass is 35.5. The van der Waals surface area contributed by atoms with Gasteiger partial charge in [-0.1, -0.05) is 48.9 Å². The minimum absolute atomic E-state index is 0.000494. The zero-order valence-corrected chi connectivity index (χ0v) is 16.9. The summed E-state index contributed by atoms with van der Waals surface area (Å²) in [4.78, 5) is 4.87. The fourth-order valence-electron chi connectivity index (χ4n) is 4.11. The molecule has 1 atom stereocenters. The first-order valence-corrected chi connectivity index (χ1v) is 10.6. The van der Waals surface area contributed by atoms with Crippen molar-refractivity contribution in [1.82, 2.24) is 4.98 Å². The molecule has 1 aliphatic carbocycles. The molecular weight excluding hydrogens is 365 g/mol. The van der Waals surface area contributed by atoms with Crippen LogP contribution in [0.2, 0.25) is 10.0 Å². The van der Waals surface area contributed by atoms with Gasteiger partial charge in [0, 0.05) is 22.1 Å². The van der Waals surface area contributed by atoms with Gasteiger partial charge < -0.3 is 11.5 Å². The molecule has 26 heavy (non-hydrogen) atoms. The second kappa shape index (κ2) is 9.36. The number of unbranched alkanes of at least 4 members (excludes halogenated alkanes) is 4. The molecule has 0 radical (unpaired) electrons. The number of nitrogens with zero attached hydrogens (tertiary/aromatic N) is 1. The number of hydrogen-bond acceptors (Lipinski definition) is 3. The molecular formula is C21H29Cl2N3. The Labute approximate surface area is 166 Å². The predicted molar refractivity (Wildman–Crippen MR) is 112 cm³/mol. The van der Waals surface area contributed by atoms with Gasteiger partial charge in [0.1, 0.15) is 0 Å². The van der Waals surface area contributed by atoms with Crippen LogP contribution in [0.3, 0.4) is 0 Å². The first-order chi connectivity index (χ1) is 12.6. The molecule has 0 aliphatic heterocycles. The number of benzene rings is 1. The summed E-state index contributed by atoms with van der Waals surface area (Å²) in [5.41, 5.74) is 16.9. The molecule has 0 saturated carbocycles. The van der Waals surface area contributed by atoms with Crippen LogP contribution in [0, 0.1) is 0 Å². The Morgan fingerprint density at radius 2 is 1.73 bits per heavy atom. The number of aryl methyl sites for hydroxylation is 1. The van der Waals surface area contributed by atoms with E-state index in [1.54, 1.807) is 0 Å². The number of fused-ring (bicyclic) bond motifs is 2. The van der Waals surface area contributed by atoms with Crippen LogP contribution >= 0.6 is 23.2 Å². The Morgan fingerprint density at radius 1 is 1.00 bits per heavy atom. The zero-order chi connectivity index (χ0) is 18.5. The van der Waals surface area contributed by atoms with Gasteiger partial charge in [-0.2, -0.15) is 0 Å². The van der Waals surface area contributed by atoms with Crippen LogP contribution in [-0.2, 0) is 12.8 Å². The molecule has 1 aromatic heterocycles. The van der Waals surface area contributed by atoms with E-state index < -0.39 is 0 Å². The fourth-order valence-corrected chi connectivity index (χ4v) is 4.69. The zero-order valence-electron chi connectivity index (χ0n) is 15.4. The maximum absolute atomic E-state index is 6.69. The Bertz CT molecular complexity index is 761. The summed E-state index contributed by atoms with van der Waals surface area (Å²) >= 11 is 12.8. The molecule has 1 heterocycles. The third-order valence-corrected chi connectivity index (χ3v) is 5.93. The van der Waals surface area contributed by atoms with Gasteiger partial charge in [-0.3, -0.25) is 4.98 Å². The van der Waals surface area contributed by atoms with Crippen molar-refractivity contribution in [1.29, 1.82) is 0 Å². The van der Waals surface area contributed by atoms with Gasteiger partial charge >= 0.3 is 0 Å².